The summed E-state index contributed by atoms with van der Waals surface area (Å²) in [5.74, 6) is -1.12. The van der Waals surface area contributed by atoms with E-state index in [0.717, 1.165) is 0 Å². The van der Waals surface area contributed by atoms with Crippen molar-refractivity contribution in [3.8, 4) is 0 Å². The van der Waals surface area contributed by atoms with Crippen molar-refractivity contribution in [2.45, 2.75) is 18.6 Å². The van der Waals surface area contributed by atoms with Crippen LogP contribution in [0.3, 0.4) is 0 Å². The molecule has 1 N–H and O–H groups in total. The molecule has 0 aliphatic rings. The summed E-state index contributed by atoms with van der Waals surface area (Å²) in [5, 5.41) is 2.14. The van der Waals surface area contributed by atoms with Crippen LogP contribution in [0.2, 0.25) is 0 Å². The standard InChI is InChI=1S/C12H12F3NO3/c13-12(14,15)7-19-11(18)10(16-8-17)6-9-4-2-1-3-5-9/h1-5,8,10H,6-7H2,(H,16,17)/t10-/m0/s1. The Labute approximate surface area is 107 Å². The number of hydrogen-bond acceptors (Lipinski definition) is 3. The molecule has 7 heteroatoms. The Morgan fingerprint density at radius 1 is 1.32 bits per heavy atom. The largest absolute Gasteiger partial charge is 0.454 e. The predicted octanol–water partition coefficient (Wildman–Crippen LogP) is 1.45. The lowest BCUT2D eigenvalue weighted by atomic mass is 10.1. The number of halogens is 3. The lowest BCUT2D eigenvalue weighted by Crippen LogP contribution is -2.40. The highest BCUT2D eigenvalue weighted by Gasteiger charge is 2.31. The van der Waals surface area contributed by atoms with Gasteiger partial charge >= 0.3 is 12.1 Å². The van der Waals surface area contributed by atoms with Crippen LogP contribution in [0.4, 0.5) is 13.2 Å². The second kappa shape index (κ2) is 6.77. The van der Waals surface area contributed by atoms with Crippen LogP contribution < -0.4 is 5.32 Å². The molecule has 0 aliphatic heterocycles. The summed E-state index contributed by atoms with van der Waals surface area (Å²) in [5.41, 5.74) is 0.700. The molecule has 0 bridgehead atoms. The van der Waals surface area contributed by atoms with Gasteiger partial charge < -0.3 is 10.1 Å². The maximum Gasteiger partial charge on any atom is 0.422 e. The number of hydrogen-bond donors (Lipinski definition) is 1. The van der Waals surface area contributed by atoms with Gasteiger partial charge in [0.15, 0.2) is 6.61 Å². The van der Waals surface area contributed by atoms with Gasteiger partial charge in [0.05, 0.1) is 0 Å². The van der Waals surface area contributed by atoms with Crippen LogP contribution >= 0.6 is 0 Å². The van der Waals surface area contributed by atoms with Crippen molar-refractivity contribution < 1.29 is 27.5 Å². The minimum atomic E-state index is -4.59. The molecule has 1 atom stereocenters. The molecule has 0 saturated carbocycles. The van der Waals surface area contributed by atoms with Gasteiger partial charge in [-0.2, -0.15) is 13.2 Å². The number of esters is 1. The fraction of sp³-hybridized carbons (Fsp3) is 0.333. The summed E-state index contributed by atoms with van der Waals surface area (Å²) in [7, 11) is 0. The summed E-state index contributed by atoms with van der Waals surface area (Å²) in [6, 6.07) is 7.44. The van der Waals surface area contributed by atoms with E-state index in [4.69, 9.17) is 0 Å². The molecular formula is C12H12F3NO3. The Bertz CT molecular complexity index is 420. The van der Waals surface area contributed by atoms with E-state index in [1.54, 1.807) is 30.3 Å². The molecule has 0 radical (unpaired) electrons. The molecular weight excluding hydrogens is 263 g/mol. The summed E-state index contributed by atoms with van der Waals surface area (Å²) in [4.78, 5) is 21.8. The highest BCUT2D eigenvalue weighted by molar-refractivity contribution is 5.78. The Morgan fingerprint density at radius 3 is 2.47 bits per heavy atom. The molecule has 0 aliphatic carbocycles. The fourth-order valence-corrected chi connectivity index (χ4v) is 1.40. The molecule has 19 heavy (non-hydrogen) atoms. The average Bonchev–Trinajstić information content (AvgIpc) is 2.36. The fourth-order valence-electron chi connectivity index (χ4n) is 1.40. The highest BCUT2D eigenvalue weighted by Crippen LogP contribution is 2.15. The minimum absolute atomic E-state index is 0.0657. The summed E-state index contributed by atoms with van der Waals surface area (Å²) >= 11 is 0. The Kier molecular flexibility index (Phi) is 5.35. The first kappa shape index (κ1) is 15.0. The third-order valence-corrected chi connectivity index (χ3v) is 2.21. The van der Waals surface area contributed by atoms with Gasteiger partial charge in [0.25, 0.3) is 0 Å². The van der Waals surface area contributed by atoms with Gasteiger partial charge in [-0.25, -0.2) is 4.79 Å². The molecule has 0 heterocycles. The smallest absolute Gasteiger partial charge is 0.422 e. The maximum absolute atomic E-state index is 11.9. The number of carbonyl (C=O) groups is 2. The normalized spacial score (nSPS) is 12.6. The van der Waals surface area contributed by atoms with E-state index in [1.165, 1.54) is 0 Å². The van der Waals surface area contributed by atoms with Crippen LogP contribution in [0.15, 0.2) is 30.3 Å². The zero-order chi connectivity index (χ0) is 14.3. The van der Waals surface area contributed by atoms with Crippen molar-refractivity contribution in [3.05, 3.63) is 35.9 Å². The maximum atomic E-state index is 11.9. The molecule has 1 aromatic rings. The van der Waals surface area contributed by atoms with Crippen LogP contribution in [0.25, 0.3) is 0 Å². The number of carbonyl (C=O) groups excluding carboxylic acids is 2. The number of nitrogens with one attached hydrogen (secondary N) is 1. The van der Waals surface area contributed by atoms with Gasteiger partial charge in [-0.1, -0.05) is 30.3 Å². The van der Waals surface area contributed by atoms with Crippen molar-refractivity contribution in [2.24, 2.45) is 0 Å². The van der Waals surface area contributed by atoms with Crippen molar-refractivity contribution in [3.63, 3.8) is 0 Å². The topological polar surface area (TPSA) is 55.4 Å². The molecule has 1 amide bonds. The van der Waals surface area contributed by atoms with Crippen LogP contribution in [-0.2, 0) is 20.7 Å². The van der Waals surface area contributed by atoms with Crippen molar-refractivity contribution >= 4 is 12.4 Å². The van der Waals surface area contributed by atoms with Crippen molar-refractivity contribution in [2.75, 3.05) is 6.61 Å². The van der Waals surface area contributed by atoms with E-state index in [2.05, 4.69) is 10.1 Å². The third-order valence-electron chi connectivity index (χ3n) is 2.21. The van der Waals surface area contributed by atoms with Crippen LogP contribution in [-0.4, -0.2) is 31.2 Å². The number of benzene rings is 1. The number of alkyl halides is 3. The zero-order valence-corrected chi connectivity index (χ0v) is 9.81. The Balaban J connectivity index is 2.61. The van der Waals surface area contributed by atoms with E-state index in [9.17, 15) is 22.8 Å². The van der Waals surface area contributed by atoms with Crippen molar-refractivity contribution in [1.82, 2.24) is 5.32 Å². The van der Waals surface area contributed by atoms with Gasteiger partial charge in [-0.3, -0.25) is 4.79 Å². The summed E-state index contributed by atoms with van der Waals surface area (Å²) in [6.45, 7) is -1.67. The van der Waals surface area contributed by atoms with Gasteiger partial charge in [0.2, 0.25) is 6.41 Å². The van der Waals surface area contributed by atoms with Gasteiger partial charge in [-0.15, -0.1) is 0 Å². The second-order valence-electron chi connectivity index (χ2n) is 3.75. The van der Waals surface area contributed by atoms with Crippen molar-refractivity contribution in [1.29, 1.82) is 0 Å². The zero-order valence-electron chi connectivity index (χ0n) is 9.81. The summed E-state index contributed by atoms with van der Waals surface area (Å²) in [6.07, 6.45) is -4.27. The number of amides is 1. The van der Waals surface area contributed by atoms with Crippen LogP contribution in [0.5, 0.6) is 0 Å². The lowest BCUT2D eigenvalue weighted by molar-refractivity contribution is -0.187. The van der Waals surface area contributed by atoms with E-state index >= 15 is 0 Å². The molecule has 104 valence electrons. The first-order valence-corrected chi connectivity index (χ1v) is 5.39. The molecule has 0 unspecified atom stereocenters. The van der Waals surface area contributed by atoms with Gasteiger partial charge in [0, 0.05) is 6.42 Å². The highest BCUT2D eigenvalue weighted by atomic mass is 19.4. The predicted molar refractivity (Wildman–Crippen MR) is 60.1 cm³/mol. The molecule has 1 rings (SSSR count). The van der Waals surface area contributed by atoms with Crippen LogP contribution in [0.1, 0.15) is 5.56 Å². The quantitative estimate of drug-likeness (QED) is 0.631. The SMILES string of the molecule is O=CN[C@@H](Cc1ccccc1)C(=O)OCC(F)(F)F. The summed E-state index contributed by atoms with van der Waals surface area (Å²) < 4.78 is 39.9. The van der Waals surface area contributed by atoms with Gasteiger partial charge in [-0.05, 0) is 5.56 Å². The Morgan fingerprint density at radius 2 is 1.95 bits per heavy atom. The Hall–Kier alpha value is -2.05. The average molecular weight is 275 g/mol. The van der Waals surface area contributed by atoms with E-state index in [1.807, 2.05) is 0 Å². The lowest BCUT2D eigenvalue weighted by Gasteiger charge is -2.16. The minimum Gasteiger partial charge on any atom is -0.454 e. The van der Waals surface area contributed by atoms with E-state index in [0.29, 0.717) is 5.56 Å². The molecule has 1 aromatic carbocycles. The second-order valence-corrected chi connectivity index (χ2v) is 3.75. The molecule has 4 nitrogen and oxygen atoms in total. The molecule has 0 spiro atoms. The van der Waals surface area contributed by atoms with Crippen LogP contribution in [0, 0.1) is 0 Å². The van der Waals surface area contributed by atoms with E-state index in [-0.39, 0.29) is 12.8 Å². The number of ether oxygens (including phenoxy) is 1. The first-order chi connectivity index (χ1) is 8.92. The number of rotatable bonds is 6. The van der Waals surface area contributed by atoms with Gasteiger partial charge in [0.1, 0.15) is 6.04 Å². The molecule has 0 saturated heterocycles. The third kappa shape index (κ3) is 5.89. The molecule has 0 aromatic heterocycles. The monoisotopic (exact) mass is 275 g/mol. The van der Waals surface area contributed by atoms with E-state index < -0.39 is 24.8 Å². The first-order valence-electron chi connectivity index (χ1n) is 5.39. The molecule has 0 fully saturated rings.